The summed E-state index contributed by atoms with van der Waals surface area (Å²) in [5.74, 6) is -1.72. The van der Waals surface area contributed by atoms with Crippen LogP contribution in [0.4, 0.5) is 10.1 Å². The van der Waals surface area contributed by atoms with Crippen LogP contribution in [-0.4, -0.2) is 38.6 Å². The largest absolute Gasteiger partial charge is 0.348 e. The minimum absolute atomic E-state index is 0.00707. The van der Waals surface area contributed by atoms with Crippen LogP contribution in [0.25, 0.3) is 0 Å². The lowest BCUT2D eigenvalue weighted by molar-refractivity contribution is 0.0949. The Hall–Kier alpha value is -3.56. The minimum Gasteiger partial charge on any atom is -0.348 e. The number of rotatable bonds is 7. The van der Waals surface area contributed by atoms with E-state index in [1.165, 1.54) is 44.4 Å². The van der Waals surface area contributed by atoms with Gasteiger partial charge in [-0.25, -0.2) is 17.1 Å². The number of amides is 2. The molecule has 0 bridgehead atoms. The van der Waals surface area contributed by atoms with E-state index >= 15 is 0 Å². The summed E-state index contributed by atoms with van der Waals surface area (Å²) in [6, 6.07) is 16.8. The second-order valence-electron chi connectivity index (χ2n) is 7.54. The van der Waals surface area contributed by atoms with Gasteiger partial charge in [-0.3, -0.25) is 9.59 Å². The molecular weight excluding hydrogens is 445 g/mol. The van der Waals surface area contributed by atoms with E-state index < -0.39 is 27.7 Å². The third kappa shape index (κ3) is 5.44. The molecule has 0 heterocycles. The molecule has 172 valence electrons. The number of nitrogens with zero attached hydrogens (tertiary/aromatic N) is 1. The van der Waals surface area contributed by atoms with Gasteiger partial charge in [0.1, 0.15) is 5.82 Å². The number of hydrogen-bond donors (Lipinski definition) is 2. The number of hydrogen-bond acceptors (Lipinski definition) is 4. The molecule has 0 spiro atoms. The Morgan fingerprint density at radius 3 is 2.30 bits per heavy atom. The molecule has 0 aliphatic heterocycles. The maximum absolute atomic E-state index is 13.9. The van der Waals surface area contributed by atoms with Gasteiger partial charge in [-0.05, 0) is 48.4 Å². The fourth-order valence-electron chi connectivity index (χ4n) is 3.11. The number of benzene rings is 3. The Morgan fingerprint density at radius 2 is 1.61 bits per heavy atom. The number of aryl methyl sites for hydroxylation is 1. The first-order valence-corrected chi connectivity index (χ1v) is 11.5. The highest BCUT2D eigenvalue weighted by Crippen LogP contribution is 2.21. The number of anilines is 1. The smallest absolute Gasteiger partial charge is 0.258 e. The van der Waals surface area contributed by atoms with Gasteiger partial charge in [-0.15, -0.1) is 0 Å². The van der Waals surface area contributed by atoms with Gasteiger partial charge in [-0.1, -0.05) is 36.4 Å². The third-order valence-electron chi connectivity index (χ3n) is 5.04. The number of nitrogens with one attached hydrogen (secondary N) is 2. The summed E-state index contributed by atoms with van der Waals surface area (Å²) in [6.07, 6.45) is 0. The molecule has 3 aromatic rings. The molecule has 0 unspecified atom stereocenters. The average Bonchev–Trinajstić information content (AvgIpc) is 2.79. The van der Waals surface area contributed by atoms with Crippen LogP contribution in [0.5, 0.6) is 0 Å². The van der Waals surface area contributed by atoms with E-state index in [2.05, 4.69) is 10.6 Å². The van der Waals surface area contributed by atoms with Crippen molar-refractivity contribution in [2.45, 2.75) is 18.4 Å². The maximum atomic E-state index is 13.9. The molecule has 0 aromatic heterocycles. The molecule has 3 rings (SSSR count). The summed E-state index contributed by atoms with van der Waals surface area (Å²) in [5, 5.41) is 5.35. The molecule has 33 heavy (non-hydrogen) atoms. The van der Waals surface area contributed by atoms with Crippen molar-refractivity contribution in [3.8, 4) is 0 Å². The molecule has 0 fully saturated rings. The molecule has 0 atom stereocenters. The predicted octanol–water partition coefficient (Wildman–Crippen LogP) is 3.57. The number of carbonyl (C=O) groups excluding carboxylic acids is 2. The Kier molecular flexibility index (Phi) is 7.25. The van der Waals surface area contributed by atoms with Gasteiger partial charge in [0.25, 0.3) is 11.8 Å². The molecule has 0 aliphatic carbocycles. The second-order valence-corrected chi connectivity index (χ2v) is 9.66. The quantitative estimate of drug-likeness (QED) is 0.553. The van der Waals surface area contributed by atoms with Crippen molar-refractivity contribution < 1.29 is 22.4 Å². The molecule has 0 radical (unpaired) electrons. The van der Waals surface area contributed by atoms with E-state index in [0.717, 1.165) is 4.31 Å². The fourth-order valence-corrected chi connectivity index (χ4v) is 4.22. The van der Waals surface area contributed by atoms with E-state index in [4.69, 9.17) is 0 Å². The fraction of sp³-hybridized carbons (Fsp3) is 0.167. The third-order valence-corrected chi connectivity index (χ3v) is 6.95. The van der Waals surface area contributed by atoms with Gasteiger partial charge in [0, 0.05) is 31.9 Å². The first kappa shape index (κ1) is 24.1. The van der Waals surface area contributed by atoms with Gasteiger partial charge in [0.2, 0.25) is 10.0 Å². The van der Waals surface area contributed by atoms with Gasteiger partial charge in [0.15, 0.2) is 0 Å². The van der Waals surface area contributed by atoms with Crippen molar-refractivity contribution in [3.63, 3.8) is 0 Å². The topological polar surface area (TPSA) is 95.6 Å². The van der Waals surface area contributed by atoms with Crippen LogP contribution < -0.4 is 10.6 Å². The van der Waals surface area contributed by atoms with Crippen molar-refractivity contribution in [3.05, 3.63) is 94.8 Å². The van der Waals surface area contributed by atoms with Crippen LogP contribution in [0, 0.1) is 12.7 Å². The lowest BCUT2D eigenvalue weighted by atomic mass is 10.1. The van der Waals surface area contributed by atoms with E-state index in [1.54, 1.807) is 43.3 Å². The van der Waals surface area contributed by atoms with Gasteiger partial charge in [-0.2, -0.15) is 0 Å². The van der Waals surface area contributed by atoms with Crippen LogP contribution in [0.15, 0.2) is 71.6 Å². The number of sulfonamides is 1. The second kappa shape index (κ2) is 9.93. The highest BCUT2D eigenvalue weighted by Gasteiger charge is 2.21. The Labute approximate surface area is 192 Å². The van der Waals surface area contributed by atoms with Crippen LogP contribution in [-0.2, 0) is 16.6 Å². The van der Waals surface area contributed by atoms with E-state index in [1.807, 2.05) is 0 Å². The zero-order chi connectivity index (χ0) is 24.2. The van der Waals surface area contributed by atoms with Crippen LogP contribution >= 0.6 is 0 Å². The number of halogens is 1. The zero-order valence-electron chi connectivity index (χ0n) is 18.4. The summed E-state index contributed by atoms with van der Waals surface area (Å²) in [6.45, 7) is 1.74. The molecule has 3 aromatic carbocycles. The Morgan fingerprint density at radius 1 is 0.939 bits per heavy atom. The van der Waals surface area contributed by atoms with Crippen molar-refractivity contribution in [1.29, 1.82) is 0 Å². The molecule has 0 saturated carbocycles. The zero-order valence-corrected chi connectivity index (χ0v) is 19.2. The Bertz CT molecular complexity index is 1310. The molecule has 9 heteroatoms. The van der Waals surface area contributed by atoms with E-state index in [9.17, 15) is 22.4 Å². The molecular formula is C24H24FN3O4S. The van der Waals surface area contributed by atoms with Gasteiger partial charge >= 0.3 is 0 Å². The average molecular weight is 470 g/mol. The van der Waals surface area contributed by atoms with Crippen molar-refractivity contribution in [2.24, 2.45) is 0 Å². The summed E-state index contributed by atoms with van der Waals surface area (Å²) in [4.78, 5) is 25.3. The normalized spacial score (nSPS) is 11.3. The van der Waals surface area contributed by atoms with Gasteiger partial charge in [0.05, 0.1) is 10.5 Å². The summed E-state index contributed by atoms with van der Waals surface area (Å²) in [5.41, 5.74) is 1.66. The maximum Gasteiger partial charge on any atom is 0.258 e. The van der Waals surface area contributed by atoms with Crippen LogP contribution in [0.1, 0.15) is 31.8 Å². The first-order chi connectivity index (χ1) is 15.6. The Balaban J connectivity index is 1.78. The molecule has 2 amide bonds. The standard InChI is InChI=1S/C24H24FN3O4S/c1-16-12-13-17(14-21(16)27-24(30)19-9-5-6-10-20(19)25)23(29)26-15-18-8-4-7-11-22(18)33(31,32)28(2)3/h4-14H,15H2,1-3H3,(H,26,29)(H,27,30). The lowest BCUT2D eigenvalue weighted by Crippen LogP contribution is -2.27. The predicted molar refractivity (Wildman–Crippen MR) is 124 cm³/mol. The molecule has 7 nitrogen and oxygen atoms in total. The summed E-state index contributed by atoms with van der Waals surface area (Å²) < 4.78 is 40.1. The highest BCUT2D eigenvalue weighted by molar-refractivity contribution is 7.89. The summed E-state index contributed by atoms with van der Waals surface area (Å²) in [7, 11) is -0.795. The monoisotopic (exact) mass is 469 g/mol. The molecule has 0 saturated heterocycles. The lowest BCUT2D eigenvalue weighted by Gasteiger charge is -2.16. The minimum atomic E-state index is -3.67. The first-order valence-electron chi connectivity index (χ1n) is 10.1. The molecule has 0 aliphatic rings. The van der Waals surface area contributed by atoms with Crippen molar-refractivity contribution >= 4 is 27.5 Å². The van der Waals surface area contributed by atoms with Crippen LogP contribution in [0.3, 0.4) is 0 Å². The molecule has 2 N–H and O–H groups in total. The van der Waals surface area contributed by atoms with Gasteiger partial charge < -0.3 is 10.6 Å². The van der Waals surface area contributed by atoms with Crippen molar-refractivity contribution in [2.75, 3.05) is 19.4 Å². The summed E-state index contributed by atoms with van der Waals surface area (Å²) >= 11 is 0. The van der Waals surface area contributed by atoms with Crippen LogP contribution in [0.2, 0.25) is 0 Å². The number of carbonyl (C=O) groups is 2. The van der Waals surface area contributed by atoms with E-state index in [0.29, 0.717) is 16.8 Å². The van der Waals surface area contributed by atoms with Crippen molar-refractivity contribution in [1.82, 2.24) is 9.62 Å². The highest BCUT2D eigenvalue weighted by atomic mass is 32.2. The van der Waals surface area contributed by atoms with E-state index in [-0.39, 0.29) is 22.6 Å². The SMILES string of the molecule is Cc1ccc(C(=O)NCc2ccccc2S(=O)(=O)N(C)C)cc1NC(=O)c1ccccc1F.